The summed E-state index contributed by atoms with van der Waals surface area (Å²) in [5, 5.41) is 0. The molecule has 1 atom stereocenters. The van der Waals surface area contributed by atoms with E-state index < -0.39 is 10.2 Å². The number of nitrogens with one attached hydrogen (secondary N) is 3. The van der Waals surface area contributed by atoms with Gasteiger partial charge in [-0.15, -0.1) is 0 Å². The summed E-state index contributed by atoms with van der Waals surface area (Å²) in [4.78, 5) is 6.84. The summed E-state index contributed by atoms with van der Waals surface area (Å²) in [7, 11) is -3.46. The minimum absolute atomic E-state index is 0.274. The Morgan fingerprint density at radius 3 is 2.62 bits per heavy atom. The van der Waals surface area contributed by atoms with Crippen molar-refractivity contribution >= 4 is 10.2 Å². The number of hydrogen-bond donors (Lipinski definition) is 3. The van der Waals surface area contributed by atoms with Crippen molar-refractivity contribution in [3.8, 4) is 0 Å². The van der Waals surface area contributed by atoms with Crippen LogP contribution in [0, 0.1) is 5.92 Å². The van der Waals surface area contributed by atoms with Gasteiger partial charge in [0, 0.05) is 18.9 Å². The van der Waals surface area contributed by atoms with Gasteiger partial charge in [-0.3, -0.25) is 0 Å². The fourth-order valence-electron chi connectivity index (χ4n) is 1.12. The van der Waals surface area contributed by atoms with Gasteiger partial charge in [-0.25, -0.2) is 9.71 Å². The number of hydrogen-bond acceptors (Lipinski definition) is 3. The van der Waals surface area contributed by atoms with Crippen LogP contribution in [0.4, 0.5) is 0 Å². The Labute approximate surface area is 96.0 Å². The molecule has 0 spiro atoms. The number of aromatic amines is 1. The minimum Gasteiger partial charge on any atom is -0.347 e. The Kier molecular flexibility index (Phi) is 4.45. The first-order valence-electron chi connectivity index (χ1n) is 5.17. The molecule has 0 aliphatic rings. The van der Waals surface area contributed by atoms with Gasteiger partial charge in [0.25, 0.3) is 10.2 Å². The Balaban J connectivity index is 2.53. The van der Waals surface area contributed by atoms with Gasteiger partial charge < -0.3 is 4.98 Å². The lowest BCUT2D eigenvalue weighted by Crippen LogP contribution is -2.39. The average Bonchev–Trinajstić information content (AvgIpc) is 2.67. The zero-order valence-corrected chi connectivity index (χ0v) is 10.5. The van der Waals surface area contributed by atoms with E-state index in [1.54, 1.807) is 19.3 Å². The molecule has 92 valence electrons. The quantitative estimate of drug-likeness (QED) is 0.685. The third kappa shape index (κ3) is 4.30. The maximum atomic E-state index is 11.6. The Morgan fingerprint density at radius 2 is 2.12 bits per heavy atom. The summed E-state index contributed by atoms with van der Waals surface area (Å²) in [6.07, 6.45) is 3.24. The molecule has 16 heavy (non-hydrogen) atoms. The number of H-pyrrole nitrogens is 1. The molecule has 1 aromatic rings. The van der Waals surface area contributed by atoms with Gasteiger partial charge in [0.2, 0.25) is 0 Å². The first-order chi connectivity index (χ1) is 7.41. The van der Waals surface area contributed by atoms with E-state index in [-0.39, 0.29) is 12.0 Å². The summed E-state index contributed by atoms with van der Waals surface area (Å²) < 4.78 is 28.1. The lowest BCUT2D eigenvalue weighted by atomic mass is 10.2. The van der Waals surface area contributed by atoms with E-state index in [1.807, 2.05) is 13.8 Å². The number of imidazole rings is 1. The summed E-state index contributed by atoms with van der Waals surface area (Å²) in [6.45, 7) is 6.03. The highest BCUT2D eigenvalue weighted by atomic mass is 32.2. The van der Waals surface area contributed by atoms with Crippen molar-refractivity contribution in [3.63, 3.8) is 0 Å². The maximum Gasteiger partial charge on any atom is 0.277 e. The fourth-order valence-corrected chi connectivity index (χ4v) is 2.33. The number of nitrogens with zero attached hydrogens (tertiary/aromatic N) is 1. The summed E-state index contributed by atoms with van der Waals surface area (Å²) in [6, 6.07) is -0.375. The molecule has 1 rings (SSSR count). The molecule has 0 radical (unpaired) electrons. The molecule has 0 bridgehead atoms. The monoisotopic (exact) mass is 246 g/mol. The zero-order chi connectivity index (χ0) is 12.2. The van der Waals surface area contributed by atoms with E-state index in [0.29, 0.717) is 12.4 Å². The second-order valence-corrected chi connectivity index (χ2v) is 5.59. The summed E-state index contributed by atoms with van der Waals surface area (Å²) in [5.41, 5.74) is 0. The highest BCUT2D eigenvalue weighted by Gasteiger charge is 2.16. The van der Waals surface area contributed by atoms with Gasteiger partial charge >= 0.3 is 0 Å². The standard InChI is InChI=1S/C9H18N4O2S/c1-7(2)6-12-16(14,15)13-8(3)9-10-4-5-11-9/h4-5,7-8,12-13H,6H2,1-3H3,(H,10,11). The maximum absolute atomic E-state index is 11.6. The number of aromatic nitrogens is 2. The second-order valence-electron chi connectivity index (χ2n) is 4.06. The molecular formula is C9H18N4O2S. The third-order valence-electron chi connectivity index (χ3n) is 1.94. The molecule has 7 heteroatoms. The van der Waals surface area contributed by atoms with Gasteiger partial charge in [-0.2, -0.15) is 13.1 Å². The summed E-state index contributed by atoms with van der Waals surface area (Å²) in [5.74, 6) is 0.866. The van der Waals surface area contributed by atoms with Crippen LogP contribution in [0.25, 0.3) is 0 Å². The highest BCUT2D eigenvalue weighted by molar-refractivity contribution is 7.87. The molecule has 0 fully saturated rings. The van der Waals surface area contributed by atoms with Crippen LogP contribution >= 0.6 is 0 Å². The van der Waals surface area contributed by atoms with Gasteiger partial charge in [0.1, 0.15) is 5.82 Å². The van der Waals surface area contributed by atoms with E-state index in [0.717, 1.165) is 0 Å². The van der Waals surface area contributed by atoms with E-state index >= 15 is 0 Å². The Bertz CT molecular complexity index is 399. The van der Waals surface area contributed by atoms with Crippen LogP contribution < -0.4 is 9.44 Å². The fraction of sp³-hybridized carbons (Fsp3) is 0.667. The molecule has 1 heterocycles. The molecule has 0 saturated heterocycles. The van der Waals surface area contributed by atoms with Gasteiger partial charge in [0.15, 0.2) is 0 Å². The molecule has 1 aromatic heterocycles. The van der Waals surface area contributed by atoms with Crippen molar-refractivity contribution in [1.29, 1.82) is 0 Å². The predicted octanol–water partition coefficient (Wildman–Crippen LogP) is 0.551. The first-order valence-corrected chi connectivity index (χ1v) is 6.65. The molecule has 0 amide bonds. The van der Waals surface area contributed by atoms with E-state index in [9.17, 15) is 8.42 Å². The molecule has 6 nitrogen and oxygen atoms in total. The van der Waals surface area contributed by atoms with Crippen LogP contribution in [0.2, 0.25) is 0 Å². The van der Waals surface area contributed by atoms with Gasteiger partial charge in [-0.05, 0) is 12.8 Å². The van der Waals surface area contributed by atoms with Crippen molar-refractivity contribution in [2.24, 2.45) is 5.92 Å². The predicted molar refractivity (Wildman–Crippen MR) is 61.9 cm³/mol. The molecule has 0 aromatic carbocycles. The minimum atomic E-state index is -3.46. The van der Waals surface area contributed by atoms with E-state index in [4.69, 9.17) is 0 Å². The topological polar surface area (TPSA) is 86.9 Å². The lowest BCUT2D eigenvalue weighted by Gasteiger charge is -2.13. The Morgan fingerprint density at radius 1 is 1.44 bits per heavy atom. The van der Waals surface area contributed by atoms with Crippen LogP contribution in [0.5, 0.6) is 0 Å². The van der Waals surface area contributed by atoms with E-state index in [1.165, 1.54) is 0 Å². The molecule has 3 N–H and O–H groups in total. The average molecular weight is 246 g/mol. The van der Waals surface area contributed by atoms with Gasteiger partial charge in [0.05, 0.1) is 6.04 Å². The second kappa shape index (κ2) is 5.42. The van der Waals surface area contributed by atoms with Crippen molar-refractivity contribution in [2.45, 2.75) is 26.8 Å². The highest BCUT2D eigenvalue weighted by Crippen LogP contribution is 2.06. The number of rotatable bonds is 6. The molecule has 0 saturated carbocycles. The van der Waals surface area contributed by atoms with Crippen molar-refractivity contribution in [1.82, 2.24) is 19.4 Å². The first kappa shape index (κ1) is 13.1. The molecule has 0 aliphatic heterocycles. The zero-order valence-electron chi connectivity index (χ0n) is 9.69. The van der Waals surface area contributed by atoms with Crippen molar-refractivity contribution < 1.29 is 8.42 Å². The van der Waals surface area contributed by atoms with Gasteiger partial charge in [-0.1, -0.05) is 13.8 Å². The largest absolute Gasteiger partial charge is 0.347 e. The smallest absolute Gasteiger partial charge is 0.277 e. The molecular weight excluding hydrogens is 228 g/mol. The summed E-state index contributed by atoms with van der Waals surface area (Å²) >= 11 is 0. The SMILES string of the molecule is CC(C)CNS(=O)(=O)NC(C)c1ncc[nH]1. The van der Waals surface area contributed by atoms with E-state index in [2.05, 4.69) is 19.4 Å². The lowest BCUT2D eigenvalue weighted by molar-refractivity contribution is 0.532. The van der Waals surface area contributed by atoms with Crippen LogP contribution in [-0.4, -0.2) is 24.9 Å². The molecule has 0 aliphatic carbocycles. The Hall–Kier alpha value is -0.920. The normalized spacial score (nSPS) is 14.2. The van der Waals surface area contributed by atoms with Crippen LogP contribution in [0.1, 0.15) is 32.6 Å². The van der Waals surface area contributed by atoms with Crippen molar-refractivity contribution in [3.05, 3.63) is 18.2 Å². The molecule has 1 unspecified atom stereocenters. The van der Waals surface area contributed by atoms with Crippen LogP contribution in [0.15, 0.2) is 12.4 Å². The van der Waals surface area contributed by atoms with Crippen molar-refractivity contribution in [2.75, 3.05) is 6.54 Å². The van der Waals surface area contributed by atoms with Crippen LogP contribution in [-0.2, 0) is 10.2 Å². The van der Waals surface area contributed by atoms with Crippen LogP contribution in [0.3, 0.4) is 0 Å². The third-order valence-corrected chi connectivity index (χ3v) is 3.15.